The highest BCUT2D eigenvalue weighted by Crippen LogP contribution is 2.56. The normalized spacial score (nSPS) is 14.3. The highest BCUT2D eigenvalue weighted by atomic mass is 32.2. The summed E-state index contributed by atoms with van der Waals surface area (Å²) in [4.78, 5) is 13.7. The molecule has 6 heteroatoms. The van der Waals surface area contributed by atoms with Gasteiger partial charge in [-0.15, -0.1) is 11.8 Å². The molecule has 0 fully saturated rings. The molecule has 0 unspecified atom stereocenters. The van der Waals surface area contributed by atoms with E-state index in [0.717, 1.165) is 29.2 Å². The van der Waals surface area contributed by atoms with Crippen LogP contribution >= 0.6 is 35.3 Å². The van der Waals surface area contributed by atoms with E-state index in [2.05, 4.69) is 178 Å². The quantitative estimate of drug-likeness (QED) is 0.180. The summed E-state index contributed by atoms with van der Waals surface area (Å²) in [6, 6.07) is 60.2. The molecule has 0 saturated heterocycles. The standard InChI is InChI=1S/C44H31N3S3/c1-2-14-34-30(13-1)25-26-48-40-20-8-3-15-35(40)45(34)31-27-32(46-36-16-4-9-21-41(36)49-42-22-10-5-17-37(42)46)29-33(28-31)47-38-18-6-11-23-43(38)50-44-24-12-7-19-39(44)47/h1-24,27-29H,25-26H2. The molecule has 0 aliphatic carbocycles. The van der Waals surface area contributed by atoms with Crippen LogP contribution in [-0.2, 0) is 6.42 Å². The Hall–Kier alpha value is -5.01. The largest absolute Gasteiger partial charge is 0.309 e. The fourth-order valence-corrected chi connectivity index (χ4v) is 10.5. The number of aryl methyl sites for hydroxylation is 1. The number of para-hydroxylation sites is 6. The van der Waals surface area contributed by atoms with Gasteiger partial charge in [-0.05, 0) is 96.9 Å². The average molecular weight is 698 g/mol. The Balaban J connectivity index is 1.28. The van der Waals surface area contributed by atoms with Gasteiger partial charge in [0.15, 0.2) is 0 Å². The zero-order valence-corrected chi connectivity index (χ0v) is 29.5. The molecular formula is C44H31N3S3. The van der Waals surface area contributed by atoms with Crippen LogP contribution in [0.4, 0.5) is 51.2 Å². The first kappa shape index (κ1) is 29.9. The van der Waals surface area contributed by atoms with E-state index in [9.17, 15) is 0 Å². The second kappa shape index (κ2) is 12.4. The van der Waals surface area contributed by atoms with Crippen molar-refractivity contribution >= 4 is 86.5 Å². The molecule has 3 nitrogen and oxygen atoms in total. The van der Waals surface area contributed by atoms with Gasteiger partial charge in [0.1, 0.15) is 0 Å². The SMILES string of the molecule is c1ccc2c(c1)CCSc1ccccc1N2c1cc(N2c3ccccc3Sc3ccccc32)cc(N2c3ccccc3Sc3ccccc32)c1. The second-order valence-electron chi connectivity index (χ2n) is 12.5. The van der Waals surface area contributed by atoms with Crippen LogP contribution < -0.4 is 14.7 Å². The summed E-state index contributed by atoms with van der Waals surface area (Å²) < 4.78 is 0. The van der Waals surface area contributed by atoms with Crippen molar-refractivity contribution in [2.45, 2.75) is 30.9 Å². The summed E-state index contributed by atoms with van der Waals surface area (Å²) >= 11 is 5.63. The Morgan fingerprint density at radius 1 is 0.340 bits per heavy atom. The summed E-state index contributed by atoms with van der Waals surface area (Å²) in [6.45, 7) is 0. The van der Waals surface area contributed by atoms with Crippen LogP contribution in [-0.4, -0.2) is 5.75 Å². The Labute approximate surface area is 305 Å². The molecule has 0 bridgehead atoms. The number of fused-ring (bicyclic) bond motifs is 6. The first-order valence-electron chi connectivity index (χ1n) is 16.9. The van der Waals surface area contributed by atoms with Crippen molar-refractivity contribution in [2.24, 2.45) is 0 Å². The molecule has 0 spiro atoms. The summed E-state index contributed by atoms with van der Waals surface area (Å²) in [6.07, 6.45) is 1.01. The van der Waals surface area contributed by atoms with E-state index in [4.69, 9.17) is 0 Å². The summed E-state index contributed by atoms with van der Waals surface area (Å²) in [5.74, 6) is 1.05. The van der Waals surface area contributed by atoms with Crippen LogP contribution in [0.1, 0.15) is 5.56 Å². The molecule has 10 rings (SSSR count). The lowest BCUT2D eigenvalue weighted by Gasteiger charge is -2.37. The predicted octanol–water partition coefficient (Wildman–Crippen LogP) is 13.7. The number of hydrogen-bond donors (Lipinski definition) is 0. The molecule has 0 atom stereocenters. The number of rotatable bonds is 3. The summed E-state index contributed by atoms with van der Waals surface area (Å²) in [5.41, 5.74) is 11.9. The molecule has 240 valence electrons. The molecule has 0 radical (unpaired) electrons. The number of anilines is 9. The van der Waals surface area contributed by atoms with Crippen LogP contribution in [0.5, 0.6) is 0 Å². The Morgan fingerprint density at radius 3 is 1.10 bits per heavy atom. The van der Waals surface area contributed by atoms with E-state index in [1.807, 2.05) is 35.3 Å². The van der Waals surface area contributed by atoms with Gasteiger partial charge in [-0.3, -0.25) is 0 Å². The van der Waals surface area contributed by atoms with Crippen LogP contribution in [0.15, 0.2) is 188 Å². The molecule has 0 aromatic heterocycles. The van der Waals surface area contributed by atoms with Gasteiger partial charge in [-0.1, -0.05) is 102 Å². The van der Waals surface area contributed by atoms with Crippen LogP contribution in [0.2, 0.25) is 0 Å². The minimum Gasteiger partial charge on any atom is -0.309 e. The Morgan fingerprint density at radius 2 is 0.660 bits per heavy atom. The van der Waals surface area contributed by atoms with E-state index < -0.39 is 0 Å². The lowest BCUT2D eigenvalue weighted by atomic mass is 10.1. The van der Waals surface area contributed by atoms with Crippen molar-refractivity contribution in [1.82, 2.24) is 0 Å². The monoisotopic (exact) mass is 697 g/mol. The molecule has 7 aromatic rings. The van der Waals surface area contributed by atoms with Gasteiger partial charge in [0, 0.05) is 35.9 Å². The van der Waals surface area contributed by atoms with Crippen molar-refractivity contribution < 1.29 is 0 Å². The molecule has 3 aliphatic rings. The maximum atomic E-state index is 2.50. The van der Waals surface area contributed by atoms with Crippen molar-refractivity contribution in [3.63, 3.8) is 0 Å². The van der Waals surface area contributed by atoms with E-state index in [1.54, 1.807) is 0 Å². The maximum Gasteiger partial charge on any atom is 0.0601 e. The van der Waals surface area contributed by atoms with Crippen molar-refractivity contribution in [1.29, 1.82) is 0 Å². The van der Waals surface area contributed by atoms with Gasteiger partial charge in [0.05, 0.1) is 45.5 Å². The highest BCUT2D eigenvalue weighted by molar-refractivity contribution is 8.00. The third-order valence-corrected chi connectivity index (χ3v) is 12.8. The van der Waals surface area contributed by atoms with Gasteiger partial charge in [-0.25, -0.2) is 0 Å². The van der Waals surface area contributed by atoms with E-state index in [1.165, 1.54) is 64.2 Å². The zero-order chi connectivity index (χ0) is 33.0. The minimum absolute atomic E-state index is 1.01. The average Bonchev–Trinajstić information content (AvgIpc) is 3.16. The molecular weight excluding hydrogens is 667 g/mol. The zero-order valence-electron chi connectivity index (χ0n) is 27.1. The van der Waals surface area contributed by atoms with E-state index in [0.29, 0.717) is 0 Å². The van der Waals surface area contributed by atoms with Crippen LogP contribution in [0.3, 0.4) is 0 Å². The van der Waals surface area contributed by atoms with E-state index >= 15 is 0 Å². The van der Waals surface area contributed by atoms with Gasteiger partial charge in [-0.2, -0.15) is 0 Å². The fraction of sp³-hybridized carbons (Fsp3) is 0.0455. The lowest BCUT2D eigenvalue weighted by Crippen LogP contribution is -2.20. The molecule has 3 heterocycles. The number of hydrogen-bond acceptors (Lipinski definition) is 6. The van der Waals surface area contributed by atoms with Gasteiger partial charge in [0.25, 0.3) is 0 Å². The second-order valence-corrected chi connectivity index (χ2v) is 15.8. The van der Waals surface area contributed by atoms with Gasteiger partial charge < -0.3 is 14.7 Å². The predicted molar refractivity (Wildman–Crippen MR) is 213 cm³/mol. The maximum absolute atomic E-state index is 2.50. The Bertz CT molecular complexity index is 2170. The molecule has 3 aliphatic heterocycles. The molecule has 7 aromatic carbocycles. The smallest absolute Gasteiger partial charge is 0.0601 e. The van der Waals surface area contributed by atoms with Gasteiger partial charge >= 0.3 is 0 Å². The molecule has 0 N–H and O–H groups in total. The first-order valence-corrected chi connectivity index (χ1v) is 19.5. The minimum atomic E-state index is 1.01. The van der Waals surface area contributed by atoms with E-state index in [-0.39, 0.29) is 0 Å². The highest BCUT2D eigenvalue weighted by Gasteiger charge is 2.30. The fourth-order valence-electron chi connectivity index (χ4n) is 7.32. The van der Waals surface area contributed by atoms with Crippen LogP contribution in [0, 0.1) is 0 Å². The van der Waals surface area contributed by atoms with Crippen molar-refractivity contribution in [3.8, 4) is 0 Å². The molecule has 0 saturated carbocycles. The third kappa shape index (κ3) is 5.01. The summed E-state index contributed by atoms with van der Waals surface area (Å²) in [5, 5.41) is 0. The number of nitrogens with zero attached hydrogens (tertiary/aromatic N) is 3. The first-order chi connectivity index (χ1) is 24.8. The topological polar surface area (TPSA) is 9.72 Å². The van der Waals surface area contributed by atoms with Crippen LogP contribution in [0.25, 0.3) is 0 Å². The van der Waals surface area contributed by atoms with Crippen molar-refractivity contribution in [3.05, 3.63) is 169 Å². The number of benzene rings is 7. The molecule has 50 heavy (non-hydrogen) atoms. The molecule has 0 amide bonds. The van der Waals surface area contributed by atoms with Crippen molar-refractivity contribution in [2.75, 3.05) is 20.5 Å². The number of thioether (sulfide) groups is 1. The van der Waals surface area contributed by atoms with Gasteiger partial charge in [0.2, 0.25) is 0 Å². The Kier molecular flexibility index (Phi) is 7.40. The third-order valence-electron chi connectivity index (χ3n) is 9.49. The lowest BCUT2D eigenvalue weighted by molar-refractivity contribution is 1.09. The summed E-state index contributed by atoms with van der Waals surface area (Å²) in [7, 11) is 0.